The zero-order chi connectivity index (χ0) is 16.1. The number of benzene rings is 1. The molecule has 0 aliphatic rings. The van der Waals surface area contributed by atoms with E-state index in [4.69, 9.17) is 26.4 Å². The maximum absolute atomic E-state index is 5.71. The minimum atomic E-state index is 0.534. The number of rotatable bonds is 7. The minimum Gasteiger partial charge on any atom is -0.490 e. The van der Waals surface area contributed by atoms with Gasteiger partial charge in [0, 0.05) is 12.6 Å². The van der Waals surface area contributed by atoms with Crippen molar-refractivity contribution in [1.82, 2.24) is 14.8 Å². The molecule has 0 atom stereocenters. The van der Waals surface area contributed by atoms with E-state index in [-0.39, 0.29) is 0 Å². The van der Waals surface area contributed by atoms with Crippen LogP contribution in [0.4, 0.5) is 0 Å². The summed E-state index contributed by atoms with van der Waals surface area (Å²) in [5.74, 6) is 2.61. The van der Waals surface area contributed by atoms with Crippen molar-refractivity contribution < 1.29 is 14.2 Å². The van der Waals surface area contributed by atoms with Crippen molar-refractivity contribution in [3.05, 3.63) is 16.9 Å². The van der Waals surface area contributed by atoms with Crippen molar-refractivity contribution in [2.45, 2.75) is 20.8 Å². The van der Waals surface area contributed by atoms with Gasteiger partial charge in [-0.1, -0.05) is 0 Å². The Balaban J connectivity index is 2.60. The molecule has 1 aromatic heterocycles. The van der Waals surface area contributed by atoms with Gasteiger partial charge in [-0.25, -0.2) is 0 Å². The fourth-order valence-corrected chi connectivity index (χ4v) is 2.26. The first kappa shape index (κ1) is 16.4. The predicted octanol–water partition coefficient (Wildman–Crippen LogP) is 3.34. The average molecular weight is 323 g/mol. The molecular formula is C15H21N3O3S. The van der Waals surface area contributed by atoms with Crippen molar-refractivity contribution in [3.63, 3.8) is 0 Å². The van der Waals surface area contributed by atoms with E-state index < -0.39 is 0 Å². The molecule has 1 N–H and O–H groups in total. The molecule has 7 heteroatoms. The Kier molecular flexibility index (Phi) is 5.43. The molecule has 0 aliphatic carbocycles. The van der Waals surface area contributed by atoms with E-state index in [1.807, 2.05) is 40.0 Å². The highest BCUT2D eigenvalue weighted by atomic mass is 32.1. The Morgan fingerprint density at radius 3 is 2.00 bits per heavy atom. The monoisotopic (exact) mass is 323 g/mol. The van der Waals surface area contributed by atoms with Crippen LogP contribution in [0, 0.1) is 4.77 Å². The molecule has 0 unspecified atom stereocenters. The molecule has 2 aromatic rings. The van der Waals surface area contributed by atoms with Crippen LogP contribution in [-0.2, 0) is 7.05 Å². The normalized spacial score (nSPS) is 10.5. The van der Waals surface area contributed by atoms with E-state index in [0.717, 1.165) is 11.4 Å². The van der Waals surface area contributed by atoms with Gasteiger partial charge >= 0.3 is 0 Å². The minimum absolute atomic E-state index is 0.534. The van der Waals surface area contributed by atoms with E-state index in [9.17, 15) is 0 Å². The Bertz CT molecular complexity index is 667. The van der Waals surface area contributed by atoms with Gasteiger partial charge in [0.25, 0.3) is 0 Å². The Morgan fingerprint density at radius 2 is 1.59 bits per heavy atom. The molecule has 1 aromatic carbocycles. The van der Waals surface area contributed by atoms with Crippen LogP contribution in [-0.4, -0.2) is 34.6 Å². The van der Waals surface area contributed by atoms with E-state index in [1.54, 1.807) is 4.57 Å². The van der Waals surface area contributed by atoms with Crippen LogP contribution >= 0.6 is 12.2 Å². The van der Waals surface area contributed by atoms with E-state index in [1.165, 1.54) is 0 Å². The number of hydrogen-bond acceptors (Lipinski definition) is 5. The van der Waals surface area contributed by atoms with Crippen molar-refractivity contribution in [2.24, 2.45) is 7.05 Å². The summed E-state index contributed by atoms with van der Waals surface area (Å²) in [6, 6.07) is 3.78. The maximum atomic E-state index is 5.71. The fourth-order valence-electron chi connectivity index (χ4n) is 2.12. The van der Waals surface area contributed by atoms with Crippen molar-refractivity contribution in [2.75, 3.05) is 19.8 Å². The number of ether oxygens (including phenoxy) is 3. The third-order valence-electron chi connectivity index (χ3n) is 3.05. The molecule has 0 saturated carbocycles. The van der Waals surface area contributed by atoms with Crippen LogP contribution in [0.5, 0.6) is 17.2 Å². The summed E-state index contributed by atoms with van der Waals surface area (Å²) in [5.41, 5.74) is 0.852. The van der Waals surface area contributed by atoms with E-state index in [0.29, 0.717) is 41.8 Å². The smallest absolute Gasteiger partial charge is 0.203 e. The Labute approximate surface area is 135 Å². The maximum Gasteiger partial charge on any atom is 0.203 e. The second-order valence-corrected chi connectivity index (χ2v) is 4.90. The van der Waals surface area contributed by atoms with Gasteiger partial charge in [-0.15, -0.1) is 0 Å². The van der Waals surface area contributed by atoms with Gasteiger partial charge in [-0.05, 0) is 45.1 Å². The average Bonchev–Trinajstić information content (AvgIpc) is 2.83. The molecular weight excluding hydrogens is 302 g/mol. The number of H-pyrrole nitrogens is 1. The molecule has 0 radical (unpaired) electrons. The molecule has 22 heavy (non-hydrogen) atoms. The van der Waals surface area contributed by atoms with Crippen LogP contribution in [0.3, 0.4) is 0 Å². The standard InChI is InChI=1S/C15H21N3O3S/c1-5-19-11-8-10(14-16-17-15(22)18(14)4)9-12(20-6-2)13(11)21-7-3/h8-9H,5-7H2,1-4H3,(H,17,22). The van der Waals surface area contributed by atoms with Gasteiger partial charge in [-0.3, -0.25) is 5.10 Å². The first-order chi connectivity index (χ1) is 10.6. The molecule has 0 bridgehead atoms. The van der Waals surface area contributed by atoms with Gasteiger partial charge < -0.3 is 18.8 Å². The lowest BCUT2D eigenvalue weighted by Crippen LogP contribution is -2.03. The Hall–Kier alpha value is -2.02. The van der Waals surface area contributed by atoms with Crippen LogP contribution in [0.1, 0.15) is 20.8 Å². The number of hydrogen-bond donors (Lipinski definition) is 1. The molecule has 0 aliphatic heterocycles. The SMILES string of the molecule is CCOc1cc(-c2n[nH]c(=S)n2C)cc(OCC)c1OCC. The number of aromatic nitrogens is 3. The van der Waals surface area contributed by atoms with Crippen molar-refractivity contribution in [1.29, 1.82) is 0 Å². The summed E-state index contributed by atoms with van der Waals surface area (Å²) in [6.45, 7) is 7.39. The van der Waals surface area contributed by atoms with Gasteiger partial charge in [0.2, 0.25) is 5.75 Å². The first-order valence-corrected chi connectivity index (χ1v) is 7.71. The number of nitrogens with zero attached hydrogens (tertiary/aromatic N) is 2. The lowest BCUT2D eigenvalue weighted by atomic mass is 10.1. The molecule has 0 amide bonds. The summed E-state index contributed by atoms with van der Waals surface area (Å²) < 4.78 is 19.5. The van der Waals surface area contributed by atoms with E-state index >= 15 is 0 Å². The van der Waals surface area contributed by atoms with Crippen LogP contribution in [0.2, 0.25) is 0 Å². The molecule has 2 rings (SSSR count). The van der Waals surface area contributed by atoms with Gasteiger partial charge in [0.05, 0.1) is 19.8 Å². The molecule has 120 valence electrons. The zero-order valence-electron chi connectivity index (χ0n) is 13.3. The quantitative estimate of drug-likeness (QED) is 0.792. The molecule has 0 saturated heterocycles. The van der Waals surface area contributed by atoms with Gasteiger partial charge in [0.1, 0.15) is 0 Å². The second-order valence-electron chi connectivity index (χ2n) is 4.51. The van der Waals surface area contributed by atoms with Gasteiger partial charge in [0.15, 0.2) is 22.1 Å². The Morgan fingerprint density at radius 1 is 1.05 bits per heavy atom. The first-order valence-electron chi connectivity index (χ1n) is 7.30. The molecule has 6 nitrogen and oxygen atoms in total. The van der Waals surface area contributed by atoms with Crippen molar-refractivity contribution in [3.8, 4) is 28.6 Å². The summed E-state index contributed by atoms with van der Waals surface area (Å²) >= 11 is 5.17. The number of nitrogens with one attached hydrogen (secondary N) is 1. The highest BCUT2D eigenvalue weighted by Gasteiger charge is 2.17. The van der Waals surface area contributed by atoms with Gasteiger partial charge in [-0.2, -0.15) is 5.10 Å². The summed E-state index contributed by atoms with van der Waals surface area (Å²) in [6.07, 6.45) is 0. The highest BCUT2D eigenvalue weighted by Crippen LogP contribution is 2.41. The van der Waals surface area contributed by atoms with Crippen LogP contribution in [0.25, 0.3) is 11.4 Å². The zero-order valence-corrected chi connectivity index (χ0v) is 14.1. The fraction of sp³-hybridized carbons (Fsp3) is 0.467. The molecule has 0 spiro atoms. The molecule has 1 heterocycles. The van der Waals surface area contributed by atoms with E-state index in [2.05, 4.69) is 10.2 Å². The lowest BCUT2D eigenvalue weighted by molar-refractivity contribution is 0.261. The van der Waals surface area contributed by atoms with Crippen LogP contribution in [0.15, 0.2) is 12.1 Å². The second kappa shape index (κ2) is 7.31. The summed E-state index contributed by atoms with van der Waals surface area (Å²) in [7, 11) is 1.86. The summed E-state index contributed by atoms with van der Waals surface area (Å²) in [5, 5.41) is 7.04. The van der Waals surface area contributed by atoms with Crippen molar-refractivity contribution >= 4 is 12.2 Å². The third kappa shape index (κ3) is 3.24. The topological polar surface area (TPSA) is 61.3 Å². The number of aromatic amines is 1. The largest absolute Gasteiger partial charge is 0.490 e. The molecule has 0 fully saturated rings. The van der Waals surface area contributed by atoms with Crippen LogP contribution < -0.4 is 14.2 Å². The highest BCUT2D eigenvalue weighted by molar-refractivity contribution is 7.71. The predicted molar refractivity (Wildman–Crippen MR) is 87.3 cm³/mol. The third-order valence-corrected chi connectivity index (χ3v) is 3.41. The lowest BCUT2D eigenvalue weighted by Gasteiger charge is -2.17. The summed E-state index contributed by atoms with van der Waals surface area (Å²) in [4.78, 5) is 0.